The van der Waals surface area contributed by atoms with Gasteiger partial charge in [-0.2, -0.15) is 5.10 Å². The van der Waals surface area contributed by atoms with Crippen molar-refractivity contribution in [2.24, 2.45) is 12.8 Å². The lowest BCUT2D eigenvalue weighted by Gasteiger charge is -2.08. The third kappa shape index (κ3) is 2.64. The number of aryl methyl sites for hydroxylation is 3. The highest BCUT2D eigenvalue weighted by Gasteiger charge is 2.14. The predicted molar refractivity (Wildman–Crippen MR) is 71.3 cm³/mol. The lowest BCUT2D eigenvalue weighted by Crippen LogP contribution is -2.14. The number of hydrogen-bond donors (Lipinski definition) is 1. The van der Waals surface area contributed by atoms with Crippen LogP contribution >= 0.6 is 0 Å². The number of nitrogens with zero attached hydrogens (tertiary/aromatic N) is 2. The summed E-state index contributed by atoms with van der Waals surface area (Å²) in [6.45, 7) is 4.18. The van der Waals surface area contributed by atoms with Crippen LogP contribution in [0.25, 0.3) is 0 Å². The summed E-state index contributed by atoms with van der Waals surface area (Å²) in [6, 6.07) is 5.98. The molecule has 0 saturated carbocycles. The molecule has 2 aromatic rings. The van der Waals surface area contributed by atoms with Crippen LogP contribution in [0.3, 0.4) is 0 Å². The van der Waals surface area contributed by atoms with Crippen molar-refractivity contribution in [2.75, 3.05) is 0 Å². The first-order valence-electron chi connectivity index (χ1n) is 6.50. The average Bonchev–Trinajstić information content (AvgIpc) is 2.96. The fraction of sp³-hybridized carbons (Fsp3) is 0.500. The van der Waals surface area contributed by atoms with E-state index in [2.05, 4.69) is 25.0 Å². The molecule has 0 aliphatic rings. The highest BCUT2D eigenvalue weighted by Crippen LogP contribution is 2.19. The quantitative estimate of drug-likeness (QED) is 0.882. The van der Waals surface area contributed by atoms with Gasteiger partial charge in [-0.25, -0.2) is 0 Å². The standard InChI is InChI=1S/C14H21N3O/c1-4-10-8-11(17(3)16-10)9-13(15)14-7-6-12(5-2)18-14/h6-8,13H,4-5,9,15H2,1-3H3. The predicted octanol–water partition coefficient (Wildman–Crippen LogP) is 2.38. The summed E-state index contributed by atoms with van der Waals surface area (Å²) >= 11 is 0. The number of aromatic nitrogens is 2. The molecule has 1 unspecified atom stereocenters. The van der Waals surface area contributed by atoms with Crippen LogP contribution in [-0.4, -0.2) is 9.78 Å². The van der Waals surface area contributed by atoms with Crippen LogP contribution in [0.2, 0.25) is 0 Å². The van der Waals surface area contributed by atoms with E-state index < -0.39 is 0 Å². The molecular weight excluding hydrogens is 226 g/mol. The molecule has 2 N–H and O–H groups in total. The van der Waals surface area contributed by atoms with Crippen LogP contribution in [0.5, 0.6) is 0 Å². The van der Waals surface area contributed by atoms with Gasteiger partial charge in [0.1, 0.15) is 11.5 Å². The summed E-state index contributed by atoms with van der Waals surface area (Å²) in [4.78, 5) is 0. The van der Waals surface area contributed by atoms with Crippen LogP contribution in [0.1, 0.15) is 42.8 Å². The van der Waals surface area contributed by atoms with Crippen molar-refractivity contribution in [3.8, 4) is 0 Å². The molecule has 0 saturated heterocycles. The van der Waals surface area contributed by atoms with Crippen LogP contribution in [0.15, 0.2) is 22.6 Å². The van der Waals surface area contributed by atoms with Crippen molar-refractivity contribution in [2.45, 2.75) is 39.2 Å². The van der Waals surface area contributed by atoms with E-state index in [0.29, 0.717) is 0 Å². The molecule has 2 heterocycles. The van der Waals surface area contributed by atoms with E-state index >= 15 is 0 Å². The molecule has 0 aliphatic heterocycles. The summed E-state index contributed by atoms with van der Waals surface area (Å²) in [5.74, 6) is 1.84. The topological polar surface area (TPSA) is 57.0 Å². The zero-order valence-electron chi connectivity index (χ0n) is 11.3. The average molecular weight is 247 g/mol. The number of furan rings is 1. The molecule has 98 valence electrons. The van der Waals surface area contributed by atoms with Gasteiger partial charge in [0.25, 0.3) is 0 Å². The Morgan fingerprint density at radius 3 is 2.67 bits per heavy atom. The summed E-state index contributed by atoms with van der Waals surface area (Å²) in [5, 5.41) is 4.43. The van der Waals surface area contributed by atoms with E-state index in [4.69, 9.17) is 10.2 Å². The highest BCUT2D eigenvalue weighted by molar-refractivity contribution is 5.16. The number of nitrogens with two attached hydrogens (primary N) is 1. The Hall–Kier alpha value is -1.55. The lowest BCUT2D eigenvalue weighted by atomic mass is 10.1. The molecule has 18 heavy (non-hydrogen) atoms. The van der Waals surface area contributed by atoms with Crippen LogP contribution < -0.4 is 5.73 Å². The van der Waals surface area contributed by atoms with Crippen molar-refractivity contribution in [3.05, 3.63) is 41.1 Å². The maximum atomic E-state index is 6.18. The molecular formula is C14H21N3O. The molecule has 0 aromatic carbocycles. The van der Waals surface area contributed by atoms with Crippen molar-refractivity contribution in [1.82, 2.24) is 9.78 Å². The van der Waals surface area contributed by atoms with E-state index in [9.17, 15) is 0 Å². The van der Waals surface area contributed by atoms with Gasteiger partial charge in [0.2, 0.25) is 0 Å². The number of hydrogen-bond acceptors (Lipinski definition) is 3. The summed E-state index contributed by atoms with van der Waals surface area (Å²) in [5.41, 5.74) is 8.43. The maximum absolute atomic E-state index is 6.18. The molecule has 0 aliphatic carbocycles. The van der Waals surface area contributed by atoms with Gasteiger partial charge in [0.05, 0.1) is 11.7 Å². The Balaban J connectivity index is 2.10. The smallest absolute Gasteiger partial charge is 0.121 e. The largest absolute Gasteiger partial charge is 0.464 e. The van der Waals surface area contributed by atoms with Crippen molar-refractivity contribution in [1.29, 1.82) is 0 Å². The van der Waals surface area contributed by atoms with Gasteiger partial charge in [0.15, 0.2) is 0 Å². The van der Waals surface area contributed by atoms with Crippen LogP contribution in [0, 0.1) is 0 Å². The SMILES string of the molecule is CCc1cc(CC(N)c2ccc(CC)o2)n(C)n1. The first-order chi connectivity index (χ1) is 8.63. The minimum Gasteiger partial charge on any atom is -0.464 e. The molecule has 2 aromatic heterocycles. The fourth-order valence-electron chi connectivity index (χ4n) is 2.05. The second-order valence-corrected chi connectivity index (χ2v) is 4.57. The molecule has 0 fully saturated rings. The first kappa shape index (κ1) is 12.9. The monoisotopic (exact) mass is 247 g/mol. The third-order valence-corrected chi connectivity index (χ3v) is 3.21. The molecule has 0 bridgehead atoms. The van der Waals surface area contributed by atoms with Gasteiger partial charge in [0, 0.05) is 25.6 Å². The Morgan fingerprint density at radius 1 is 1.33 bits per heavy atom. The fourth-order valence-corrected chi connectivity index (χ4v) is 2.05. The third-order valence-electron chi connectivity index (χ3n) is 3.21. The number of rotatable bonds is 5. The van der Waals surface area contributed by atoms with Gasteiger partial charge in [-0.3, -0.25) is 4.68 Å². The summed E-state index contributed by atoms with van der Waals surface area (Å²) in [6.07, 6.45) is 2.60. The van der Waals surface area contributed by atoms with Gasteiger partial charge in [-0.1, -0.05) is 13.8 Å². The van der Waals surface area contributed by atoms with Crippen molar-refractivity contribution in [3.63, 3.8) is 0 Å². The minimum atomic E-state index is -0.106. The normalized spacial score (nSPS) is 12.9. The molecule has 0 spiro atoms. The van der Waals surface area contributed by atoms with Gasteiger partial charge >= 0.3 is 0 Å². The Bertz CT molecular complexity index is 513. The van der Waals surface area contributed by atoms with Gasteiger partial charge in [-0.15, -0.1) is 0 Å². The Morgan fingerprint density at radius 2 is 2.11 bits per heavy atom. The molecule has 1 atom stereocenters. The van der Waals surface area contributed by atoms with E-state index in [0.717, 1.165) is 42.2 Å². The summed E-state index contributed by atoms with van der Waals surface area (Å²) in [7, 11) is 1.96. The lowest BCUT2D eigenvalue weighted by molar-refractivity contribution is 0.431. The highest BCUT2D eigenvalue weighted by atomic mass is 16.3. The second kappa shape index (κ2) is 5.40. The van der Waals surface area contributed by atoms with E-state index in [1.165, 1.54) is 0 Å². The molecule has 0 amide bonds. The van der Waals surface area contributed by atoms with E-state index in [-0.39, 0.29) is 6.04 Å². The molecule has 4 heteroatoms. The zero-order chi connectivity index (χ0) is 13.1. The zero-order valence-corrected chi connectivity index (χ0v) is 11.3. The van der Waals surface area contributed by atoms with Crippen molar-refractivity contribution >= 4 is 0 Å². The van der Waals surface area contributed by atoms with E-state index in [1.54, 1.807) is 0 Å². The molecule has 0 radical (unpaired) electrons. The van der Waals surface area contributed by atoms with Crippen LogP contribution in [-0.2, 0) is 26.3 Å². The summed E-state index contributed by atoms with van der Waals surface area (Å²) < 4.78 is 7.59. The van der Waals surface area contributed by atoms with Crippen molar-refractivity contribution < 1.29 is 4.42 Å². The van der Waals surface area contributed by atoms with Gasteiger partial charge < -0.3 is 10.2 Å². The maximum Gasteiger partial charge on any atom is 0.121 e. The van der Waals surface area contributed by atoms with E-state index in [1.807, 2.05) is 23.9 Å². The molecule has 2 rings (SSSR count). The second-order valence-electron chi connectivity index (χ2n) is 4.57. The molecule has 4 nitrogen and oxygen atoms in total. The van der Waals surface area contributed by atoms with Crippen LogP contribution in [0.4, 0.5) is 0 Å². The van der Waals surface area contributed by atoms with Gasteiger partial charge in [-0.05, 0) is 24.6 Å². The Kier molecular flexibility index (Phi) is 3.87. The minimum absolute atomic E-state index is 0.106. The first-order valence-corrected chi connectivity index (χ1v) is 6.50. The Labute approximate surface area is 108 Å².